The standard InChI is InChI=1S/C25H24N4O6/c26-13-18-11-17(9-10-21(18)34-19-3-1-2-4-19)24-28-23(29-35-24)16-7-5-15(6-8-16)14-27-20(25(32)33)12-22(30)31/h5-11,19-20,27H,1-4,12,14H2,(H,30,31)(H,32,33). The number of ether oxygens (including phenoxy) is 1. The van der Waals surface area contributed by atoms with E-state index < -0.39 is 24.4 Å². The minimum Gasteiger partial charge on any atom is -0.489 e. The molecule has 35 heavy (non-hydrogen) atoms. The average Bonchev–Trinajstić information content (AvgIpc) is 3.54. The van der Waals surface area contributed by atoms with Crippen LogP contribution in [0.2, 0.25) is 0 Å². The summed E-state index contributed by atoms with van der Waals surface area (Å²) in [5, 5.41) is 34.3. The molecule has 1 saturated carbocycles. The Balaban J connectivity index is 1.43. The Morgan fingerprint density at radius 1 is 1.14 bits per heavy atom. The second kappa shape index (κ2) is 10.8. The molecule has 1 aliphatic carbocycles. The van der Waals surface area contributed by atoms with Crippen molar-refractivity contribution in [2.24, 2.45) is 0 Å². The molecule has 0 radical (unpaired) electrons. The minimum atomic E-state index is -1.22. The van der Waals surface area contributed by atoms with E-state index in [9.17, 15) is 14.9 Å². The van der Waals surface area contributed by atoms with E-state index in [1.54, 1.807) is 42.5 Å². The van der Waals surface area contributed by atoms with Gasteiger partial charge in [0.05, 0.1) is 18.1 Å². The van der Waals surface area contributed by atoms with Crippen molar-refractivity contribution in [1.29, 1.82) is 5.26 Å². The van der Waals surface area contributed by atoms with Crippen LogP contribution in [0.5, 0.6) is 5.75 Å². The number of nitriles is 1. The van der Waals surface area contributed by atoms with Gasteiger partial charge in [-0.05, 0) is 49.4 Å². The van der Waals surface area contributed by atoms with E-state index in [4.69, 9.17) is 19.5 Å². The number of carboxylic acids is 2. The van der Waals surface area contributed by atoms with Crippen molar-refractivity contribution in [2.75, 3.05) is 0 Å². The summed E-state index contributed by atoms with van der Waals surface area (Å²) in [6.07, 6.45) is 3.91. The number of aliphatic carboxylic acids is 2. The monoisotopic (exact) mass is 476 g/mol. The molecule has 0 amide bonds. The largest absolute Gasteiger partial charge is 0.489 e. The second-order valence-electron chi connectivity index (χ2n) is 8.34. The third kappa shape index (κ3) is 6.02. The van der Waals surface area contributed by atoms with Gasteiger partial charge in [0.1, 0.15) is 17.9 Å². The first-order valence-electron chi connectivity index (χ1n) is 11.2. The first-order chi connectivity index (χ1) is 16.9. The molecular formula is C25H24N4O6. The van der Waals surface area contributed by atoms with Crippen LogP contribution in [-0.4, -0.2) is 44.4 Å². The number of nitrogens with one attached hydrogen (secondary N) is 1. The third-order valence-corrected chi connectivity index (χ3v) is 5.81. The van der Waals surface area contributed by atoms with Crippen molar-refractivity contribution < 1.29 is 29.1 Å². The van der Waals surface area contributed by atoms with Crippen molar-refractivity contribution in [3.05, 3.63) is 53.6 Å². The summed E-state index contributed by atoms with van der Waals surface area (Å²) in [7, 11) is 0. The zero-order valence-electron chi connectivity index (χ0n) is 18.8. The van der Waals surface area contributed by atoms with Gasteiger partial charge in [-0.25, -0.2) is 0 Å². The Morgan fingerprint density at radius 2 is 1.86 bits per heavy atom. The normalized spacial score (nSPS) is 14.4. The lowest BCUT2D eigenvalue weighted by atomic mass is 10.1. The van der Waals surface area contributed by atoms with Gasteiger partial charge in [-0.2, -0.15) is 10.2 Å². The third-order valence-electron chi connectivity index (χ3n) is 5.81. The molecule has 1 atom stereocenters. The average molecular weight is 476 g/mol. The van der Waals surface area contributed by atoms with E-state index in [0.29, 0.717) is 28.3 Å². The summed E-state index contributed by atoms with van der Waals surface area (Å²) >= 11 is 0. The van der Waals surface area contributed by atoms with E-state index in [2.05, 4.69) is 21.5 Å². The van der Waals surface area contributed by atoms with Crippen LogP contribution in [0.3, 0.4) is 0 Å². The molecular weight excluding hydrogens is 452 g/mol. The van der Waals surface area contributed by atoms with Crippen LogP contribution in [-0.2, 0) is 16.1 Å². The van der Waals surface area contributed by atoms with E-state index in [-0.39, 0.29) is 18.5 Å². The van der Waals surface area contributed by atoms with Gasteiger partial charge in [-0.1, -0.05) is 29.4 Å². The molecule has 1 unspecified atom stereocenters. The zero-order chi connectivity index (χ0) is 24.8. The van der Waals surface area contributed by atoms with Gasteiger partial charge in [-0.15, -0.1) is 0 Å². The fourth-order valence-corrected chi connectivity index (χ4v) is 3.93. The Hall–Kier alpha value is -4.23. The Bertz CT molecular complexity index is 1240. The highest BCUT2D eigenvalue weighted by molar-refractivity contribution is 5.80. The SMILES string of the molecule is N#Cc1cc(-c2nc(-c3ccc(CNC(CC(=O)O)C(=O)O)cc3)no2)ccc1OC1CCCC1. The highest BCUT2D eigenvalue weighted by Gasteiger charge is 2.21. The lowest BCUT2D eigenvalue weighted by Crippen LogP contribution is -2.38. The fourth-order valence-electron chi connectivity index (χ4n) is 3.93. The molecule has 3 aromatic rings. The summed E-state index contributed by atoms with van der Waals surface area (Å²) < 4.78 is 11.4. The smallest absolute Gasteiger partial charge is 0.321 e. The van der Waals surface area contributed by atoms with Crippen molar-refractivity contribution in [3.63, 3.8) is 0 Å². The predicted octanol–water partition coefficient (Wildman–Crippen LogP) is 3.61. The van der Waals surface area contributed by atoms with Crippen LogP contribution in [0.4, 0.5) is 0 Å². The van der Waals surface area contributed by atoms with E-state index in [0.717, 1.165) is 31.2 Å². The molecule has 0 aliphatic heterocycles. The molecule has 4 rings (SSSR count). The molecule has 2 aromatic carbocycles. The molecule has 10 heteroatoms. The number of benzene rings is 2. The lowest BCUT2D eigenvalue weighted by molar-refractivity contribution is -0.146. The zero-order valence-corrected chi connectivity index (χ0v) is 18.8. The molecule has 0 bridgehead atoms. The van der Waals surface area contributed by atoms with Gasteiger partial charge in [0, 0.05) is 17.7 Å². The van der Waals surface area contributed by atoms with Crippen molar-refractivity contribution in [1.82, 2.24) is 15.5 Å². The first kappa shape index (κ1) is 23.9. The van der Waals surface area contributed by atoms with Gasteiger partial charge < -0.3 is 19.5 Å². The molecule has 0 spiro atoms. The van der Waals surface area contributed by atoms with Gasteiger partial charge in [-0.3, -0.25) is 14.9 Å². The molecule has 180 valence electrons. The van der Waals surface area contributed by atoms with Crippen molar-refractivity contribution in [2.45, 2.75) is 50.8 Å². The van der Waals surface area contributed by atoms with Crippen LogP contribution in [0.1, 0.15) is 43.2 Å². The maximum absolute atomic E-state index is 11.2. The molecule has 1 fully saturated rings. The fraction of sp³-hybridized carbons (Fsp3) is 0.320. The molecule has 0 saturated heterocycles. The molecule has 3 N–H and O–H groups in total. The van der Waals surface area contributed by atoms with Crippen LogP contribution >= 0.6 is 0 Å². The molecule has 1 aliphatic rings. The van der Waals surface area contributed by atoms with Crippen LogP contribution in [0.25, 0.3) is 22.8 Å². The number of hydrogen-bond acceptors (Lipinski definition) is 8. The summed E-state index contributed by atoms with van der Waals surface area (Å²) in [5.74, 6) is -1.22. The number of nitrogens with zero attached hydrogens (tertiary/aromatic N) is 3. The maximum atomic E-state index is 11.2. The minimum absolute atomic E-state index is 0.147. The Morgan fingerprint density at radius 3 is 2.51 bits per heavy atom. The second-order valence-corrected chi connectivity index (χ2v) is 8.34. The number of rotatable bonds is 10. The van der Waals surface area contributed by atoms with Gasteiger partial charge in [0.2, 0.25) is 5.82 Å². The molecule has 10 nitrogen and oxygen atoms in total. The summed E-state index contributed by atoms with van der Waals surface area (Å²) in [5.41, 5.74) is 2.47. The van der Waals surface area contributed by atoms with Gasteiger partial charge in [0.25, 0.3) is 5.89 Å². The quantitative estimate of drug-likeness (QED) is 0.394. The van der Waals surface area contributed by atoms with Crippen molar-refractivity contribution >= 4 is 11.9 Å². The number of hydrogen-bond donors (Lipinski definition) is 3. The molecule has 1 aromatic heterocycles. The lowest BCUT2D eigenvalue weighted by Gasteiger charge is -2.14. The van der Waals surface area contributed by atoms with Crippen molar-refractivity contribution in [3.8, 4) is 34.7 Å². The topological polar surface area (TPSA) is 159 Å². The Labute approximate surface area is 201 Å². The summed E-state index contributed by atoms with van der Waals surface area (Å²) in [4.78, 5) is 26.4. The highest BCUT2D eigenvalue weighted by Crippen LogP contribution is 2.30. The van der Waals surface area contributed by atoms with E-state index >= 15 is 0 Å². The van der Waals surface area contributed by atoms with Gasteiger partial charge >= 0.3 is 11.9 Å². The predicted molar refractivity (Wildman–Crippen MR) is 123 cm³/mol. The number of aromatic nitrogens is 2. The molecule has 1 heterocycles. The number of carbonyl (C=O) groups is 2. The summed E-state index contributed by atoms with van der Waals surface area (Å²) in [6.45, 7) is 0.189. The number of carboxylic acid groups (broad SMARTS) is 2. The highest BCUT2D eigenvalue weighted by atomic mass is 16.5. The van der Waals surface area contributed by atoms with E-state index in [1.165, 1.54) is 0 Å². The van der Waals surface area contributed by atoms with Gasteiger partial charge in [0.15, 0.2) is 0 Å². The van der Waals surface area contributed by atoms with E-state index in [1.807, 2.05) is 0 Å². The van der Waals surface area contributed by atoms with Crippen LogP contribution in [0, 0.1) is 11.3 Å². The Kier molecular flexibility index (Phi) is 7.38. The summed E-state index contributed by atoms with van der Waals surface area (Å²) in [6, 6.07) is 13.3. The first-order valence-corrected chi connectivity index (χ1v) is 11.2. The van der Waals surface area contributed by atoms with Crippen LogP contribution in [0.15, 0.2) is 47.0 Å². The maximum Gasteiger partial charge on any atom is 0.321 e. The van der Waals surface area contributed by atoms with Crippen LogP contribution < -0.4 is 10.1 Å².